The van der Waals surface area contributed by atoms with Crippen LogP contribution in [0.4, 0.5) is 17.6 Å². The zero-order valence-corrected chi connectivity index (χ0v) is 29.7. The second-order valence-electron chi connectivity index (χ2n) is 10.8. The maximum atomic E-state index is 14.5. The Hall–Kier alpha value is -6.02. The maximum Gasteiger partial charge on any atom is 0.569 e. The molecule has 0 spiro atoms. The Labute approximate surface area is 318 Å². The van der Waals surface area contributed by atoms with Crippen LogP contribution in [0.1, 0.15) is 11.1 Å². The lowest BCUT2D eigenvalue weighted by atomic mass is 9.98. The lowest BCUT2D eigenvalue weighted by molar-refractivity contribution is 0.350. The molecule has 0 saturated heterocycles. The van der Waals surface area contributed by atoms with Crippen molar-refractivity contribution in [2.24, 2.45) is 0 Å². The van der Waals surface area contributed by atoms with Crippen LogP contribution in [0.25, 0.3) is 33.4 Å². The Balaban J connectivity index is 0.000000195. The summed E-state index contributed by atoms with van der Waals surface area (Å²) in [4.78, 5) is 0. The van der Waals surface area contributed by atoms with Crippen LogP contribution in [0.15, 0.2) is 126 Å². The highest BCUT2D eigenvalue weighted by Crippen LogP contribution is 2.33. The van der Waals surface area contributed by atoms with E-state index in [1.807, 2.05) is 24.3 Å². The van der Waals surface area contributed by atoms with Crippen LogP contribution in [0.2, 0.25) is 0 Å². The summed E-state index contributed by atoms with van der Waals surface area (Å²) in [7, 11) is 0.276. The van der Waals surface area contributed by atoms with Gasteiger partial charge in [0.15, 0.2) is 23.3 Å². The predicted molar refractivity (Wildman–Crippen MR) is 203 cm³/mol. The SMILES string of the molecule is OCC#Cc1ccc(-c2ccc(-c3ccc(O)cc3)c(F)c2F)cc1.OCC#Cc1ccc(Br)cc1.O[B]Oc1ccc(-c2ccc(O)cc2)c(F)c1F. The molecule has 1 radical (unpaired) electrons. The lowest BCUT2D eigenvalue weighted by Gasteiger charge is -2.09. The van der Waals surface area contributed by atoms with Gasteiger partial charge in [-0.2, -0.15) is 4.39 Å². The number of rotatable bonds is 5. The van der Waals surface area contributed by atoms with Crippen LogP contribution < -0.4 is 4.65 Å². The molecule has 0 atom stereocenters. The maximum absolute atomic E-state index is 14.5. The van der Waals surface area contributed by atoms with Gasteiger partial charge in [-0.15, -0.1) is 0 Å². The largest absolute Gasteiger partial charge is 0.569 e. The number of hydrogen-bond acceptors (Lipinski definition) is 6. The van der Waals surface area contributed by atoms with E-state index < -0.39 is 29.0 Å². The van der Waals surface area contributed by atoms with Crippen LogP contribution >= 0.6 is 15.9 Å². The Morgan fingerprint density at radius 3 is 1.24 bits per heavy atom. The van der Waals surface area contributed by atoms with Gasteiger partial charge in [0.05, 0.1) is 0 Å². The standard InChI is InChI=1S/C21H14F2O2.C12H8BF2O3.C9H7BrO/c22-20-18(15-5-3-14(4-6-15)2-1-13-24)11-12-19(21(20)23)16-7-9-17(25)10-8-16;14-11-9(7-1-3-8(16)4-2-7)5-6-10(12(11)15)18-13-17;10-9-5-3-8(4-6-9)2-1-7-11/h3-12,24-25H,13H2;1-6,16-17H;3-6,11H,7H2. The van der Waals surface area contributed by atoms with E-state index in [2.05, 4.69) is 44.3 Å². The molecule has 6 aromatic carbocycles. The molecule has 6 rings (SSSR count). The van der Waals surface area contributed by atoms with Gasteiger partial charge in [-0.1, -0.05) is 88.1 Å². The summed E-state index contributed by atoms with van der Waals surface area (Å²) < 4.78 is 61.8. The number of phenolic OH excluding ortho intramolecular Hbond substituents is 2. The second kappa shape index (κ2) is 20.3. The number of phenols is 2. The van der Waals surface area contributed by atoms with Crippen LogP contribution in [0, 0.1) is 47.0 Å². The van der Waals surface area contributed by atoms with Gasteiger partial charge in [-0.3, -0.25) is 0 Å². The molecule has 0 aliphatic heterocycles. The van der Waals surface area contributed by atoms with E-state index in [-0.39, 0.29) is 49.1 Å². The summed E-state index contributed by atoms with van der Waals surface area (Å²) in [5.74, 6) is 6.20. The van der Waals surface area contributed by atoms with Crippen LogP contribution in [0.3, 0.4) is 0 Å². The average molecular weight is 796 g/mol. The van der Waals surface area contributed by atoms with Crippen molar-refractivity contribution in [3.05, 3.63) is 160 Å². The van der Waals surface area contributed by atoms with Gasteiger partial charge in [-0.25, -0.2) is 13.2 Å². The van der Waals surface area contributed by atoms with E-state index in [9.17, 15) is 22.7 Å². The molecule has 271 valence electrons. The Morgan fingerprint density at radius 2 is 0.852 bits per heavy atom. The fraction of sp³-hybridized carbons (Fsp3) is 0.0476. The molecule has 12 heteroatoms. The van der Waals surface area contributed by atoms with Gasteiger partial charge in [0.2, 0.25) is 0 Å². The van der Waals surface area contributed by atoms with Crippen LogP contribution in [0.5, 0.6) is 17.2 Å². The normalized spacial score (nSPS) is 9.85. The molecule has 0 amide bonds. The van der Waals surface area contributed by atoms with Crippen molar-refractivity contribution in [1.29, 1.82) is 0 Å². The number of hydrogen-bond donors (Lipinski definition) is 5. The first-order chi connectivity index (χ1) is 26.1. The molecule has 0 aliphatic rings. The molecular weight excluding hydrogens is 767 g/mol. The third-order valence-electron chi connectivity index (χ3n) is 7.33. The van der Waals surface area contributed by atoms with Gasteiger partial charge in [0.1, 0.15) is 30.5 Å². The summed E-state index contributed by atoms with van der Waals surface area (Å²) in [5, 5.41) is 43.9. The molecule has 0 aliphatic carbocycles. The first-order valence-corrected chi connectivity index (χ1v) is 16.6. The molecule has 0 saturated carbocycles. The molecule has 54 heavy (non-hydrogen) atoms. The lowest BCUT2D eigenvalue weighted by Crippen LogP contribution is -2.03. The number of aliphatic hydroxyl groups is 2. The molecule has 6 aromatic rings. The van der Waals surface area contributed by atoms with Crippen LogP contribution in [-0.2, 0) is 0 Å². The summed E-state index contributed by atoms with van der Waals surface area (Å²) in [6.07, 6.45) is 0. The minimum absolute atomic E-state index is 0.0365. The van der Waals surface area contributed by atoms with E-state index >= 15 is 0 Å². The number of aliphatic hydroxyl groups excluding tert-OH is 2. The van der Waals surface area contributed by atoms with Gasteiger partial charge < -0.3 is 30.1 Å². The molecule has 0 heterocycles. The highest BCUT2D eigenvalue weighted by atomic mass is 79.9. The number of benzene rings is 6. The first-order valence-electron chi connectivity index (χ1n) is 15.8. The van der Waals surface area contributed by atoms with E-state index in [1.165, 1.54) is 72.8 Å². The Kier molecular flexibility index (Phi) is 15.3. The minimum Gasteiger partial charge on any atom is -0.535 e. The van der Waals surface area contributed by atoms with Gasteiger partial charge in [0, 0.05) is 32.3 Å². The second-order valence-corrected chi connectivity index (χ2v) is 11.8. The fourth-order valence-corrected chi connectivity index (χ4v) is 4.99. The quantitative estimate of drug-likeness (QED) is 0.0682. The van der Waals surface area contributed by atoms with Crippen LogP contribution in [-0.4, -0.2) is 46.3 Å². The van der Waals surface area contributed by atoms with E-state index in [0.717, 1.165) is 10.0 Å². The summed E-state index contributed by atoms with van der Waals surface area (Å²) in [5.41, 5.74) is 3.36. The van der Waals surface area contributed by atoms with Crippen molar-refractivity contribution in [3.8, 4) is 74.3 Å². The third kappa shape index (κ3) is 11.2. The molecular formula is C42H29BBrF4O6. The number of aromatic hydroxyl groups is 2. The highest BCUT2D eigenvalue weighted by Gasteiger charge is 2.17. The summed E-state index contributed by atoms with van der Waals surface area (Å²) >= 11 is 3.32. The molecule has 0 fully saturated rings. The molecule has 0 unspecified atom stereocenters. The first kappa shape index (κ1) is 40.8. The van der Waals surface area contributed by atoms with Crippen molar-refractivity contribution in [2.75, 3.05) is 13.2 Å². The fourth-order valence-electron chi connectivity index (χ4n) is 4.73. The van der Waals surface area contributed by atoms with Crippen molar-refractivity contribution in [2.45, 2.75) is 0 Å². The zero-order valence-electron chi connectivity index (χ0n) is 28.1. The smallest absolute Gasteiger partial charge is 0.535 e. The highest BCUT2D eigenvalue weighted by molar-refractivity contribution is 9.10. The molecule has 6 nitrogen and oxygen atoms in total. The molecule has 0 aromatic heterocycles. The predicted octanol–water partition coefficient (Wildman–Crippen LogP) is 8.38. The average Bonchev–Trinajstić information content (AvgIpc) is 3.18. The summed E-state index contributed by atoms with van der Waals surface area (Å²) in [6.45, 7) is -0.323. The number of halogens is 5. The van der Waals surface area contributed by atoms with Crippen molar-refractivity contribution in [1.82, 2.24) is 0 Å². The molecule has 5 N–H and O–H groups in total. The zero-order chi connectivity index (χ0) is 39.0. The monoisotopic (exact) mass is 795 g/mol. The van der Waals surface area contributed by atoms with Gasteiger partial charge >= 0.3 is 7.69 Å². The van der Waals surface area contributed by atoms with Crippen molar-refractivity contribution in [3.63, 3.8) is 0 Å². The molecule has 0 bridgehead atoms. The Morgan fingerprint density at radius 1 is 0.500 bits per heavy atom. The van der Waals surface area contributed by atoms with Gasteiger partial charge in [0.25, 0.3) is 0 Å². The minimum atomic E-state index is -1.19. The van der Waals surface area contributed by atoms with E-state index in [0.29, 0.717) is 22.3 Å². The Bertz CT molecular complexity index is 2280. The topological polar surface area (TPSA) is 110 Å². The van der Waals surface area contributed by atoms with Crippen molar-refractivity contribution < 1.29 is 47.7 Å². The summed E-state index contributed by atoms with van der Waals surface area (Å²) in [6, 6.07) is 31.4. The van der Waals surface area contributed by atoms with Gasteiger partial charge in [-0.05, 0) is 89.5 Å². The van der Waals surface area contributed by atoms with E-state index in [1.54, 1.807) is 24.3 Å². The van der Waals surface area contributed by atoms with Crippen molar-refractivity contribution >= 4 is 23.6 Å². The third-order valence-corrected chi connectivity index (χ3v) is 7.86. The van der Waals surface area contributed by atoms with E-state index in [4.69, 9.17) is 20.3 Å².